The van der Waals surface area contributed by atoms with Gasteiger partial charge in [0.25, 0.3) is 0 Å². The van der Waals surface area contributed by atoms with Gasteiger partial charge in [-0.15, -0.1) is 0 Å². The smallest absolute Gasteiger partial charge is 0.227 e. The number of carbonyl (C=O) groups excluding carboxylic acids is 1. The lowest BCUT2D eigenvalue weighted by atomic mass is 9.98. The summed E-state index contributed by atoms with van der Waals surface area (Å²) in [5, 5.41) is 8.96. The Bertz CT molecular complexity index is 429. The SMILES string of the molecule is Cc1cc2c(cc1N)N(CCO)C(=O)CC2. The van der Waals surface area contributed by atoms with Gasteiger partial charge in [0.15, 0.2) is 0 Å². The zero-order valence-electron chi connectivity index (χ0n) is 9.36. The van der Waals surface area contributed by atoms with Gasteiger partial charge in [-0.3, -0.25) is 4.79 Å². The lowest BCUT2D eigenvalue weighted by Crippen LogP contribution is -2.37. The number of nitrogens with zero attached hydrogens (tertiary/aromatic N) is 1. The van der Waals surface area contributed by atoms with Crippen LogP contribution in [0, 0.1) is 6.92 Å². The van der Waals surface area contributed by atoms with Crippen LogP contribution in [0.3, 0.4) is 0 Å². The zero-order chi connectivity index (χ0) is 11.7. The van der Waals surface area contributed by atoms with Gasteiger partial charge in [0, 0.05) is 24.3 Å². The number of aliphatic hydroxyl groups excluding tert-OH is 1. The van der Waals surface area contributed by atoms with E-state index in [9.17, 15) is 4.79 Å². The van der Waals surface area contributed by atoms with Gasteiger partial charge < -0.3 is 15.7 Å². The van der Waals surface area contributed by atoms with Crippen molar-refractivity contribution >= 4 is 17.3 Å². The van der Waals surface area contributed by atoms with Crippen molar-refractivity contribution in [3.63, 3.8) is 0 Å². The number of nitrogen functional groups attached to an aromatic ring is 1. The number of benzene rings is 1. The quantitative estimate of drug-likeness (QED) is 0.726. The molecule has 1 aromatic carbocycles. The summed E-state index contributed by atoms with van der Waals surface area (Å²) in [5.74, 6) is 0.0600. The normalized spacial score (nSPS) is 15.1. The Morgan fingerprint density at radius 2 is 2.19 bits per heavy atom. The van der Waals surface area contributed by atoms with Crippen molar-refractivity contribution in [2.45, 2.75) is 19.8 Å². The van der Waals surface area contributed by atoms with Crippen LogP contribution in [-0.2, 0) is 11.2 Å². The molecule has 1 aliphatic rings. The molecule has 1 aromatic rings. The van der Waals surface area contributed by atoms with Crippen molar-refractivity contribution in [2.24, 2.45) is 0 Å². The number of β-amino-alcohol motifs (C(OH)–C–C–N with tert-alkyl or cyclic N) is 1. The summed E-state index contributed by atoms with van der Waals surface area (Å²) in [5.41, 5.74) is 9.57. The second-order valence-electron chi connectivity index (χ2n) is 4.11. The van der Waals surface area contributed by atoms with Gasteiger partial charge in [-0.1, -0.05) is 6.07 Å². The third kappa shape index (κ3) is 1.76. The number of carbonyl (C=O) groups is 1. The maximum Gasteiger partial charge on any atom is 0.227 e. The van der Waals surface area contributed by atoms with E-state index in [0.717, 1.165) is 23.2 Å². The van der Waals surface area contributed by atoms with Crippen molar-refractivity contribution in [1.29, 1.82) is 0 Å². The molecule has 1 amide bonds. The summed E-state index contributed by atoms with van der Waals surface area (Å²) in [6.07, 6.45) is 1.27. The van der Waals surface area contributed by atoms with E-state index >= 15 is 0 Å². The average Bonchev–Trinajstić information content (AvgIpc) is 2.25. The molecule has 1 heterocycles. The Balaban J connectivity index is 2.46. The number of hydrogen-bond donors (Lipinski definition) is 2. The molecule has 0 bridgehead atoms. The van der Waals surface area contributed by atoms with Gasteiger partial charge >= 0.3 is 0 Å². The Morgan fingerprint density at radius 1 is 1.44 bits per heavy atom. The number of hydrogen-bond acceptors (Lipinski definition) is 3. The maximum atomic E-state index is 11.7. The molecule has 0 radical (unpaired) electrons. The minimum absolute atomic E-state index is 0.0288. The first-order chi connectivity index (χ1) is 7.63. The highest BCUT2D eigenvalue weighted by Gasteiger charge is 2.24. The molecule has 3 N–H and O–H groups in total. The summed E-state index contributed by atoms with van der Waals surface area (Å²) in [7, 11) is 0. The number of fused-ring (bicyclic) bond motifs is 1. The molecule has 0 unspecified atom stereocenters. The largest absolute Gasteiger partial charge is 0.398 e. The number of aryl methyl sites for hydroxylation is 2. The van der Waals surface area contributed by atoms with Crippen LogP contribution < -0.4 is 10.6 Å². The molecule has 0 aromatic heterocycles. The fourth-order valence-corrected chi connectivity index (χ4v) is 2.08. The summed E-state index contributed by atoms with van der Waals surface area (Å²) in [6, 6.07) is 3.86. The van der Waals surface area contributed by atoms with Crippen LogP contribution in [0.25, 0.3) is 0 Å². The average molecular weight is 220 g/mol. The van der Waals surface area contributed by atoms with E-state index in [0.29, 0.717) is 18.7 Å². The standard InChI is InChI=1S/C12H16N2O2/c1-8-6-9-2-3-12(16)14(4-5-15)11(9)7-10(8)13/h6-7,15H,2-5,13H2,1H3. The molecule has 0 saturated heterocycles. The Labute approximate surface area is 94.7 Å². The molecule has 2 rings (SSSR count). The summed E-state index contributed by atoms with van der Waals surface area (Å²) < 4.78 is 0. The lowest BCUT2D eigenvalue weighted by molar-refractivity contribution is -0.119. The van der Waals surface area contributed by atoms with E-state index in [1.165, 1.54) is 0 Å². The molecule has 1 aliphatic heterocycles. The van der Waals surface area contributed by atoms with E-state index in [4.69, 9.17) is 10.8 Å². The molecule has 16 heavy (non-hydrogen) atoms. The second kappa shape index (κ2) is 4.14. The van der Waals surface area contributed by atoms with Gasteiger partial charge in [-0.2, -0.15) is 0 Å². The highest BCUT2D eigenvalue weighted by Crippen LogP contribution is 2.31. The number of rotatable bonds is 2. The number of amides is 1. The van der Waals surface area contributed by atoms with Gasteiger partial charge in [-0.05, 0) is 30.5 Å². The van der Waals surface area contributed by atoms with Gasteiger partial charge in [0.2, 0.25) is 5.91 Å². The topological polar surface area (TPSA) is 66.6 Å². The fourth-order valence-electron chi connectivity index (χ4n) is 2.08. The van der Waals surface area contributed by atoms with Crippen LogP contribution >= 0.6 is 0 Å². The Kier molecular flexibility index (Phi) is 2.83. The third-order valence-corrected chi connectivity index (χ3v) is 2.99. The number of aliphatic hydroxyl groups is 1. The predicted molar refractivity (Wildman–Crippen MR) is 63.4 cm³/mol. The van der Waals surface area contributed by atoms with Crippen LogP contribution in [0.15, 0.2) is 12.1 Å². The first-order valence-corrected chi connectivity index (χ1v) is 5.43. The maximum absolute atomic E-state index is 11.7. The van der Waals surface area contributed by atoms with Gasteiger partial charge in [0.1, 0.15) is 0 Å². The van der Waals surface area contributed by atoms with Gasteiger partial charge in [-0.25, -0.2) is 0 Å². The molecular weight excluding hydrogens is 204 g/mol. The molecule has 0 spiro atoms. The summed E-state index contributed by atoms with van der Waals surface area (Å²) in [4.78, 5) is 13.3. The van der Waals surface area contributed by atoms with Crippen LogP contribution in [0.1, 0.15) is 17.5 Å². The summed E-state index contributed by atoms with van der Waals surface area (Å²) in [6.45, 7) is 2.27. The minimum Gasteiger partial charge on any atom is -0.398 e. The molecule has 0 atom stereocenters. The first-order valence-electron chi connectivity index (χ1n) is 5.43. The zero-order valence-corrected chi connectivity index (χ0v) is 9.36. The minimum atomic E-state index is -0.0288. The van der Waals surface area contributed by atoms with E-state index in [2.05, 4.69) is 0 Å². The van der Waals surface area contributed by atoms with Crippen molar-refractivity contribution in [3.8, 4) is 0 Å². The molecule has 4 heteroatoms. The Morgan fingerprint density at radius 3 is 2.88 bits per heavy atom. The van der Waals surface area contributed by atoms with Crippen molar-refractivity contribution < 1.29 is 9.90 Å². The summed E-state index contributed by atoms with van der Waals surface area (Å²) >= 11 is 0. The number of nitrogens with two attached hydrogens (primary N) is 1. The third-order valence-electron chi connectivity index (χ3n) is 2.99. The monoisotopic (exact) mass is 220 g/mol. The fraction of sp³-hybridized carbons (Fsp3) is 0.417. The highest BCUT2D eigenvalue weighted by atomic mass is 16.3. The molecule has 0 fully saturated rings. The molecule has 0 saturated carbocycles. The van der Waals surface area contributed by atoms with E-state index in [1.807, 2.05) is 19.1 Å². The van der Waals surface area contributed by atoms with Crippen LogP contribution in [0.2, 0.25) is 0 Å². The van der Waals surface area contributed by atoms with E-state index in [-0.39, 0.29) is 12.5 Å². The van der Waals surface area contributed by atoms with Crippen LogP contribution in [0.4, 0.5) is 11.4 Å². The van der Waals surface area contributed by atoms with E-state index < -0.39 is 0 Å². The number of anilines is 2. The highest BCUT2D eigenvalue weighted by molar-refractivity contribution is 5.97. The lowest BCUT2D eigenvalue weighted by Gasteiger charge is -2.29. The van der Waals surface area contributed by atoms with E-state index in [1.54, 1.807) is 4.90 Å². The van der Waals surface area contributed by atoms with Crippen molar-refractivity contribution in [1.82, 2.24) is 0 Å². The molecule has 4 nitrogen and oxygen atoms in total. The van der Waals surface area contributed by atoms with Crippen LogP contribution in [0.5, 0.6) is 0 Å². The molecule has 0 aliphatic carbocycles. The first kappa shape index (κ1) is 11.0. The van der Waals surface area contributed by atoms with Gasteiger partial charge in [0.05, 0.1) is 6.61 Å². The second-order valence-corrected chi connectivity index (χ2v) is 4.11. The Hall–Kier alpha value is -1.55. The van der Waals surface area contributed by atoms with Crippen LogP contribution in [-0.4, -0.2) is 24.2 Å². The van der Waals surface area contributed by atoms with Crippen molar-refractivity contribution in [3.05, 3.63) is 23.3 Å². The molecular formula is C12H16N2O2. The predicted octanol–water partition coefficient (Wildman–Crippen LogP) is 0.849. The van der Waals surface area contributed by atoms with Crippen molar-refractivity contribution in [2.75, 3.05) is 23.8 Å². The molecule has 86 valence electrons.